The van der Waals surface area contributed by atoms with Gasteiger partial charge in [-0.15, -0.1) is 11.6 Å². The number of carbonyl (C=O) groups excluding carboxylic acids is 4. The first-order chi connectivity index (χ1) is 11.4. The standard InChI is InChI=1S/C16H16ClNO6/c1-23-11(19)7-10(16(22)24-2)18-13-12(17)14(20)8-5-3-4-6-9(8)15(13)21/h3-6,10,12-13,18H,7H2,1-2H3/t10-,12-,13+/m0/s1. The first-order valence-electron chi connectivity index (χ1n) is 7.13. The molecule has 128 valence electrons. The molecule has 7 nitrogen and oxygen atoms in total. The number of fused-ring (bicyclic) bond motifs is 1. The number of ketones is 2. The van der Waals surface area contributed by atoms with Crippen molar-refractivity contribution < 1.29 is 28.7 Å². The molecule has 1 aromatic rings. The summed E-state index contributed by atoms with van der Waals surface area (Å²) in [4.78, 5) is 48.2. The second-order valence-electron chi connectivity index (χ2n) is 5.18. The van der Waals surface area contributed by atoms with Crippen LogP contribution in [-0.4, -0.2) is 55.2 Å². The van der Waals surface area contributed by atoms with Gasteiger partial charge in [0.15, 0.2) is 11.6 Å². The van der Waals surface area contributed by atoms with E-state index in [1.807, 2.05) is 0 Å². The molecule has 0 aliphatic heterocycles. The third-order valence-corrected chi connectivity index (χ3v) is 4.20. The molecule has 0 amide bonds. The molecule has 2 rings (SSSR count). The number of ether oxygens (including phenoxy) is 2. The number of methoxy groups -OCH3 is 2. The van der Waals surface area contributed by atoms with Crippen LogP contribution in [0.15, 0.2) is 24.3 Å². The van der Waals surface area contributed by atoms with E-state index in [1.54, 1.807) is 12.1 Å². The fraction of sp³-hybridized carbons (Fsp3) is 0.375. The lowest BCUT2D eigenvalue weighted by atomic mass is 9.85. The lowest BCUT2D eigenvalue weighted by molar-refractivity contribution is -0.149. The lowest BCUT2D eigenvalue weighted by Crippen LogP contribution is -2.56. The summed E-state index contributed by atoms with van der Waals surface area (Å²) >= 11 is 6.12. The number of halogens is 1. The van der Waals surface area contributed by atoms with Gasteiger partial charge in [-0.2, -0.15) is 0 Å². The number of benzene rings is 1. The maximum absolute atomic E-state index is 12.6. The van der Waals surface area contributed by atoms with Crippen molar-refractivity contribution in [1.82, 2.24) is 5.32 Å². The van der Waals surface area contributed by atoms with E-state index in [-0.39, 0.29) is 17.5 Å². The number of nitrogens with one attached hydrogen (secondary N) is 1. The molecule has 0 saturated heterocycles. The average Bonchev–Trinajstić information content (AvgIpc) is 2.61. The number of esters is 2. The van der Waals surface area contributed by atoms with E-state index in [0.29, 0.717) is 0 Å². The predicted molar refractivity (Wildman–Crippen MR) is 84.1 cm³/mol. The summed E-state index contributed by atoms with van der Waals surface area (Å²) in [7, 11) is 2.32. The van der Waals surface area contributed by atoms with Crippen molar-refractivity contribution in [3.8, 4) is 0 Å². The van der Waals surface area contributed by atoms with Crippen molar-refractivity contribution in [2.24, 2.45) is 0 Å². The van der Waals surface area contributed by atoms with Crippen molar-refractivity contribution in [2.45, 2.75) is 23.9 Å². The van der Waals surface area contributed by atoms with Gasteiger partial charge in [0, 0.05) is 11.1 Å². The molecular formula is C16H16ClNO6. The minimum atomic E-state index is -1.20. The number of hydrogen-bond acceptors (Lipinski definition) is 7. The summed E-state index contributed by atoms with van der Waals surface area (Å²) in [6.45, 7) is 0. The van der Waals surface area contributed by atoms with Gasteiger partial charge in [-0.05, 0) is 0 Å². The van der Waals surface area contributed by atoms with Crippen LogP contribution in [0.2, 0.25) is 0 Å². The van der Waals surface area contributed by atoms with Gasteiger partial charge in [0.25, 0.3) is 0 Å². The van der Waals surface area contributed by atoms with Crippen LogP contribution in [0.5, 0.6) is 0 Å². The Bertz CT molecular complexity index is 689. The molecule has 0 aromatic heterocycles. The minimum Gasteiger partial charge on any atom is -0.469 e. The molecule has 24 heavy (non-hydrogen) atoms. The van der Waals surface area contributed by atoms with Gasteiger partial charge >= 0.3 is 11.9 Å². The molecule has 0 bridgehead atoms. The molecule has 1 aliphatic rings. The monoisotopic (exact) mass is 353 g/mol. The SMILES string of the molecule is COC(=O)C[C@H](N[C@H]1C(=O)c2ccccc2C(=O)[C@H]1Cl)C(=O)OC. The molecule has 1 aliphatic carbocycles. The molecule has 0 unspecified atom stereocenters. The molecule has 8 heteroatoms. The van der Waals surface area contributed by atoms with Gasteiger partial charge in [0.05, 0.1) is 26.7 Å². The topological polar surface area (TPSA) is 98.8 Å². The molecule has 0 fully saturated rings. The van der Waals surface area contributed by atoms with Crippen LogP contribution in [0.4, 0.5) is 0 Å². The zero-order valence-electron chi connectivity index (χ0n) is 13.1. The van der Waals surface area contributed by atoms with Gasteiger partial charge in [0.2, 0.25) is 0 Å². The van der Waals surface area contributed by atoms with Crippen molar-refractivity contribution >= 4 is 35.1 Å². The lowest BCUT2D eigenvalue weighted by Gasteiger charge is -2.30. The van der Waals surface area contributed by atoms with Crippen LogP contribution in [0.3, 0.4) is 0 Å². The first kappa shape index (κ1) is 18.1. The van der Waals surface area contributed by atoms with Crippen molar-refractivity contribution in [2.75, 3.05) is 14.2 Å². The van der Waals surface area contributed by atoms with Gasteiger partial charge in [-0.1, -0.05) is 24.3 Å². The zero-order chi connectivity index (χ0) is 17.9. The molecule has 1 N–H and O–H groups in total. The van der Waals surface area contributed by atoms with E-state index in [9.17, 15) is 19.2 Å². The average molecular weight is 354 g/mol. The van der Waals surface area contributed by atoms with Crippen LogP contribution in [-0.2, 0) is 19.1 Å². The highest BCUT2D eigenvalue weighted by molar-refractivity contribution is 6.39. The summed E-state index contributed by atoms with van der Waals surface area (Å²) < 4.78 is 9.14. The van der Waals surface area contributed by atoms with E-state index in [0.717, 1.165) is 7.11 Å². The van der Waals surface area contributed by atoms with Gasteiger partial charge < -0.3 is 9.47 Å². The Labute approximate surface area is 143 Å². The Morgan fingerprint density at radius 3 is 2.25 bits per heavy atom. The Hall–Kier alpha value is -2.25. The third kappa shape index (κ3) is 3.47. The number of hydrogen-bond donors (Lipinski definition) is 1. The smallest absolute Gasteiger partial charge is 0.323 e. The highest BCUT2D eigenvalue weighted by Crippen LogP contribution is 2.25. The van der Waals surface area contributed by atoms with E-state index in [2.05, 4.69) is 14.8 Å². The van der Waals surface area contributed by atoms with Gasteiger partial charge in [-0.3, -0.25) is 24.5 Å². The number of rotatable bonds is 5. The second-order valence-corrected chi connectivity index (χ2v) is 5.65. The van der Waals surface area contributed by atoms with Gasteiger partial charge in [-0.25, -0.2) is 0 Å². The molecule has 0 saturated carbocycles. The van der Waals surface area contributed by atoms with E-state index in [1.165, 1.54) is 19.2 Å². The zero-order valence-corrected chi connectivity index (χ0v) is 13.8. The first-order valence-corrected chi connectivity index (χ1v) is 7.56. The Morgan fingerprint density at radius 1 is 1.12 bits per heavy atom. The largest absolute Gasteiger partial charge is 0.469 e. The highest BCUT2D eigenvalue weighted by atomic mass is 35.5. The minimum absolute atomic E-state index is 0.221. The molecule has 0 heterocycles. The summed E-state index contributed by atoms with van der Waals surface area (Å²) in [5, 5.41) is 1.47. The molecule has 0 radical (unpaired) electrons. The summed E-state index contributed by atoms with van der Waals surface area (Å²) in [6.07, 6.45) is -0.355. The fourth-order valence-corrected chi connectivity index (χ4v) is 2.80. The number of alkyl halides is 1. The van der Waals surface area contributed by atoms with Crippen LogP contribution < -0.4 is 5.32 Å². The van der Waals surface area contributed by atoms with Crippen LogP contribution in [0, 0.1) is 0 Å². The Balaban J connectivity index is 2.29. The second kappa shape index (κ2) is 7.55. The quantitative estimate of drug-likeness (QED) is 0.615. The van der Waals surface area contributed by atoms with Crippen molar-refractivity contribution in [3.63, 3.8) is 0 Å². The number of carbonyl (C=O) groups is 4. The summed E-state index contributed by atoms with van der Waals surface area (Å²) in [6, 6.07) is 3.99. The number of Topliss-reactive ketones (excluding diaryl/α,β-unsaturated/α-hetero) is 2. The Morgan fingerprint density at radius 2 is 1.71 bits per heavy atom. The van der Waals surface area contributed by atoms with Crippen LogP contribution >= 0.6 is 11.6 Å². The summed E-state index contributed by atoms with van der Waals surface area (Å²) in [5.41, 5.74) is 0.460. The normalized spacial score (nSPS) is 21.0. The molecular weight excluding hydrogens is 338 g/mol. The molecule has 0 spiro atoms. The van der Waals surface area contributed by atoms with Gasteiger partial charge in [0.1, 0.15) is 11.4 Å². The fourth-order valence-electron chi connectivity index (χ4n) is 2.49. The highest BCUT2D eigenvalue weighted by Gasteiger charge is 2.42. The Kier molecular flexibility index (Phi) is 5.69. The van der Waals surface area contributed by atoms with E-state index >= 15 is 0 Å². The maximum Gasteiger partial charge on any atom is 0.323 e. The molecule has 1 aromatic carbocycles. The van der Waals surface area contributed by atoms with E-state index in [4.69, 9.17) is 11.6 Å². The van der Waals surface area contributed by atoms with Crippen LogP contribution in [0.1, 0.15) is 27.1 Å². The van der Waals surface area contributed by atoms with E-state index < -0.39 is 41.0 Å². The maximum atomic E-state index is 12.6. The third-order valence-electron chi connectivity index (χ3n) is 3.75. The molecule has 3 atom stereocenters. The van der Waals surface area contributed by atoms with Crippen molar-refractivity contribution in [3.05, 3.63) is 35.4 Å². The van der Waals surface area contributed by atoms with Crippen LogP contribution in [0.25, 0.3) is 0 Å². The van der Waals surface area contributed by atoms with Crippen molar-refractivity contribution in [1.29, 1.82) is 0 Å². The predicted octanol–water partition coefficient (Wildman–Crippen LogP) is 0.736. The summed E-state index contributed by atoms with van der Waals surface area (Å²) in [5.74, 6) is -2.28.